The number of halogens is 4. The maximum atomic E-state index is 13.2. The molecule has 0 bridgehead atoms. The number of carboxylic acid groups (broad SMARTS) is 1. The summed E-state index contributed by atoms with van der Waals surface area (Å²) >= 11 is 0. The Bertz CT molecular complexity index is 1230. The number of carbonyl (C=O) groups excluding carboxylic acids is 1. The van der Waals surface area contributed by atoms with Crippen molar-refractivity contribution in [1.82, 2.24) is 14.9 Å². The van der Waals surface area contributed by atoms with Crippen molar-refractivity contribution in [1.29, 1.82) is 0 Å². The van der Waals surface area contributed by atoms with Gasteiger partial charge in [0.15, 0.2) is 0 Å². The lowest BCUT2D eigenvalue weighted by Gasteiger charge is -2.26. The maximum absolute atomic E-state index is 13.2. The fraction of sp³-hybridized carbons (Fsp3) is 0.423. The van der Waals surface area contributed by atoms with Gasteiger partial charge in [-0.05, 0) is 67.3 Å². The standard InChI is InChI=1S/C26H27F4N3O3/c27-10-12-33-15-21(24(34)32-14-17-1-5-18(6-2-17)25(35)36)22-19(9-11-31-23(22)33)13-16-3-7-20(8-4-16)26(28,29)30/h3-4,7-9,11,15,17-18H,1-2,5-6,10,12-14H2,(H,32,34)(H,35,36). The van der Waals surface area contributed by atoms with Gasteiger partial charge in [0.05, 0.1) is 23.6 Å². The highest BCUT2D eigenvalue weighted by molar-refractivity contribution is 6.07. The van der Waals surface area contributed by atoms with Crippen LogP contribution in [0.25, 0.3) is 11.0 Å². The molecule has 10 heteroatoms. The van der Waals surface area contributed by atoms with Gasteiger partial charge in [-0.3, -0.25) is 9.59 Å². The van der Waals surface area contributed by atoms with Crippen molar-refractivity contribution < 1.29 is 32.3 Å². The minimum atomic E-state index is -4.43. The van der Waals surface area contributed by atoms with E-state index in [1.54, 1.807) is 23.0 Å². The van der Waals surface area contributed by atoms with Crippen LogP contribution in [0.15, 0.2) is 42.7 Å². The van der Waals surface area contributed by atoms with E-state index in [-0.39, 0.29) is 30.7 Å². The number of nitrogens with one attached hydrogen (secondary N) is 1. The summed E-state index contributed by atoms with van der Waals surface area (Å²) in [6.07, 6.45) is 1.52. The van der Waals surface area contributed by atoms with Crippen molar-refractivity contribution in [2.45, 2.75) is 44.8 Å². The van der Waals surface area contributed by atoms with Crippen molar-refractivity contribution in [2.75, 3.05) is 13.2 Å². The number of aryl methyl sites for hydroxylation is 1. The van der Waals surface area contributed by atoms with Crippen LogP contribution in [-0.4, -0.2) is 39.8 Å². The lowest BCUT2D eigenvalue weighted by Crippen LogP contribution is -2.32. The number of pyridine rings is 1. The van der Waals surface area contributed by atoms with Crippen LogP contribution in [0.3, 0.4) is 0 Å². The monoisotopic (exact) mass is 505 g/mol. The molecular weight excluding hydrogens is 478 g/mol. The van der Waals surface area contributed by atoms with Crippen molar-refractivity contribution in [3.63, 3.8) is 0 Å². The predicted octanol–water partition coefficient (Wildman–Crippen LogP) is 5.24. The molecule has 1 saturated carbocycles. The number of carbonyl (C=O) groups is 2. The van der Waals surface area contributed by atoms with E-state index in [2.05, 4.69) is 10.3 Å². The van der Waals surface area contributed by atoms with Crippen LogP contribution in [0.1, 0.15) is 52.7 Å². The summed E-state index contributed by atoms with van der Waals surface area (Å²) in [5.41, 5.74) is 1.36. The van der Waals surface area contributed by atoms with E-state index in [4.69, 9.17) is 5.11 Å². The molecule has 2 heterocycles. The van der Waals surface area contributed by atoms with Crippen molar-refractivity contribution >= 4 is 22.9 Å². The summed E-state index contributed by atoms with van der Waals surface area (Å²) in [7, 11) is 0. The zero-order valence-electron chi connectivity index (χ0n) is 19.5. The summed E-state index contributed by atoms with van der Waals surface area (Å²) in [4.78, 5) is 28.7. The third kappa shape index (κ3) is 5.68. The average molecular weight is 506 g/mol. The molecule has 0 radical (unpaired) electrons. The number of carboxylic acids is 1. The molecule has 1 fully saturated rings. The van der Waals surface area contributed by atoms with E-state index >= 15 is 0 Å². The van der Waals surface area contributed by atoms with Gasteiger partial charge in [-0.2, -0.15) is 13.2 Å². The molecule has 1 amide bonds. The minimum Gasteiger partial charge on any atom is -0.481 e. The van der Waals surface area contributed by atoms with Crippen molar-refractivity contribution in [2.24, 2.45) is 11.8 Å². The molecule has 1 aliphatic rings. The lowest BCUT2D eigenvalue weighted by molar-refractivity contribution is -0.143. The molecule has 0 spiro atoms. The molecule has 192 valence electrons. The fourth-order valence-corrected chi connectivity index (χ4v) is 4.84. The Kier molecular flexibility index (Phi) is 7.61. The van der Waals surface area contributed by atoms with Crippen LogP contribution >= 0.6 is 0 Å². The SMILES string of the molecule is O=C(NCC1CCC(C(=O)O)CC1)c1cn(CCF)c2nccc(Cc3ccc(C(F)(F)F)cc3)c12. The second kappa shape index (κ2) is 10.7. The van der Waals surface area contributed by atoms with E-state index < -0.39 is 24.4 Å². The molecule has 4 rings (SSSR count). The summed E-state index contributed by atoms with van der Waals surface area (Å²) in [5.74, 6) is -1.30. The number of hydrogen-bond acceptors (Lipinski definition) is 3. The van der Waals surface area contributed by atoms with Crippen molar-refractivity contribution in [3.8, 4) is 0 Å². The molecule has 0 atom stereocenters. The Labute approximate surface area is 205 Å². The van der Waals surface area contributed by atoms with Crippen LogP contribution in [0.2, 0.25) is 0 Å². The molecule has 0 aliphatic heterocycles. The second-order valence-corrected chi connectivity index (χ2v) is 9.23. The summed E-state index contributed by atoms with van der Waals surface area (Å²) < 4.78 is 53.5. The Morgan fingerprint density at radius 2 is 1.78 bits per heavy atom. The first kappa shape index (κ1) is 25.7. The van der Waals surface area contributed by atoms with Gasteiger partial charge in [0.2, 0.25) is 0 Å². The number of aliphatic carboxylic acids is 1. The quantitative estimate of drug-likeness (QED) is 0.411. The molecule has 2 N–H and O–H groups in total. The zero-order valence-corrected chi connectivity index (χ0v) is 19.5. The highest BCUT2D eigenvalue weighted by Gasteiger charge is 2.30. The summed E-state index contributed by atoms with van der Waals surface area (Å²) in [6.45, 7) is -0.238. The highest BCUT2D eigenvalue weighted by atomic mass is 19.4. The van der Waals surface area contributed by atoms with Gasteiger partial charge >= 0.3 is 12.1 Å². The van der Waals surface area contributed by atoms with E-state index in [9.17, 15) is 27.2 Å². The molecule has 0 unspecified atom stereocenters. The van der Waals surface area contributed by atoms with E-state index in [1.165, 1.54) is 12.1 Å². The molecule has 2 aromatic heterocycles. The third-order valence-corrected chi connectivity index (χ3v) is 6.84. The number of benzene rings is 1. The number of hydrogen-bond donors (Lipinski definition) is 2. The first-order valence-corrected chi connectivity index (χ1v) is 11.9. The lowest BCUT2D eigenvalue weighted by atomic mass is 9.82. The smallest absolute Gasteiger partial charge is 0.416 e. The number of rotatable bonds is 8. The highest BCUT2D eigenvalue weighted by Crippen LogP contribution is 2.31. The Morgan fingerprint density at radius 3 is 2.39 bits per heavy atom. The molecule has 3 aromatic rings. The van der Waals surface area contributed by atoms with Gasteiger partial charge in [0, 0.05) is 24.3 Å². The topological polar surface area (TPSA) is 84.2 Å². The van der Waals surface area contributed by atoms with Gasteiger partial charge < -0.3 is 15.0 Å². The van der Waals surface area contributed by atoms with Crippen LogP contribution in [0.4, 0.5) is 17.6 Å². The first-order valence-electron chi connectivity index (χ1n) is 11.9. The van der Waals surface area contributed by atoms with Gasteiger partial charge in [0.1, 0.15) is 12.3 Å². The maximum Gasteiger partial charge on any atom is 0.416 e. The molecule has 36 heavy (non-hydrogen) atoms. The number of amides is 1. The fourth-order valence-electron chi connectivity index (χ4n) is 4.84. The van der Waals surface area contributed by atoms with E-state index in [0.29, 0.717) is 60.0 Å². The summed E-state index contributed by atoms with van der Waals surface area (Å²) in [6, 6.07) is 6.56. The predicted molar refractivity (Wildman–Crippen MR) is 125 cm³/mol. The molecule has 6 nitrogen and oxygen atoms in total. The number of alkyl halides is 4. The van der Waals surface area contributed by atoms with Crippen LogP contribution < -0.4 is 5.32 Å². The number of aromatic nitrogens is 2. The minimum absolute atomic E-state index is 0.0136. The van der Waals surface area contributed by atoms with E-state index in [0.717, 1.165) is 12.1 Å². The second-order valence-electron chi connectivity index (χ2n) is 9.23. The molecular formula is C26H27F4N3O3. The van der Waals surface area contributed by atoms with Crippen LogP contribution in [0, 0.1) is 11.8 Å². The third-order valence-electron chi connectivity index (χ3n) is 6.84. The van der Waals surface area contributed by atoms with Gasteiger partial charge in [-0.25, -0.2) is 9.37 Å². The largest absolute Gasteiger partial charge is 0.481 e. The zero-order chi connectivity index (χ0) is 25.9. The normalized spacial score (nSPS) is 18.3. The van der Waals surface area contributed by atoms with Gasteiger partial charge in [-0.1, -0.05) is 12.1 Å². The Morgan fingerprint density at radius 1 is 1.08 bits per heavy atom. The summed E-state index contributed by atoms with van der Waals surface area (Å²) in [5, 5.41) is 12.6. The van der Waals surface area contributed by atoms with Gasteiger partial charge in [-0.15, -0.1) is 0 Å². The Balaban J connectivity index is 1.56. The molecule has 1 aromatic carbocycles. The molecule has 0 saturated heterocycles. The number of nitrogens with zero attached hydrogens (tertiary/aromatic N) is 2. The average Bonchev–Trinajstić information content (AvgIpc) is 3.22. The first-order chi connectivity index (χ1) is 17.2. The van der Waals surface area contributed by atoms with Crippen LogP contribution in [0.5, 0.6) is 0 Å². The molecule has 1 aliphatic carbocycles. The number of fused-ring (bicyclic) bond motifs is 1. The van der Waals surface area contributed by atoms with Crippen LogP contribution in [-0.2, 0) is 23.9 Å². The van der Waals surface area contributed by atoms with Gasteiger partial charge in [0.25, 0.3) is 5.91 Å². The van der Waals surface area contributed by atoms with Crippen molar-refractivity contribution in [3.05, 3.63) is 65.0 Å². The van der Waals surface area contributed by atoms with E-state index in [1.807, 2.05) is 0 Å². The Hall–Kier alpha value is -3.43.